The van der Waals surface area contributed by atoms with Crippen molar-refractivity contribution in [3.63, 3.8) is 0 Å². The summed E-state index contributed by atoms with van der Waals surface area (Å²) >= 11 is 0. The van der Waals surface area contributed by atoms with Crippen LogP contribution in [0.25, 0.3) is 0 Å². The minimum Gasteiger partial charge on any atom is -0.391 e. The first-order chi connectivity index (χ1) is 8.72. The van der Waals surface area contributed by atoms with Crippen molar-refractivity contribution in [2.75, 3.05) is 26.7 Å². The second-order valence-electron chi connectivity index (χ2n) is 4.70. The van der Waals surface area contributed by atoms with Crippen molar-refractivity contribution in [2.24, 2.45) is 0 Å². The fourth-order valence-corrected chi connectivity index (χ4v) is 2.30. The summed E-state index contributed by atoms with van der Waals surface area (Å²) in [4.78, 5) is 14.1. The molecule has 1 fully saturated rings. The first-order valence-electron chi connectivity index (χ1n) is 6.42. The van der Waals surface area contributed by atoms with Gasteiger partial charge in [0.1, 0.15) is 0 Å². The van der Waals surface area contributed by atoms with Crippen molar-refractivity contribution in [1.82, 2.24) is 10.2 Å². The number of aliphatic hydroxyl groups is 1. The fraction of sp³-hybridized carbons (Fsp3) is 0.500. The van der Waals surface area contributed by atoms with Gasteiger partial charge in [0.05, 0.1) is 6.10 Å². The number of nitrogens with one attached hydrogen (secondary N) is 1. The molecule has 0 spiro atoms. The SMILES string of the molecule is CNCCc1ccccc1C(=O)N1CC[C@@H](O)C1. The number of rotatable bonds is 4. The number of hydrogen-bond acceptors (Lipinski definition) is 3. The minimum atomic E-state index is -0.363. The average Bonchev–Trinajstić information content (AvgIpc) is 2.82. The van der Waals surface area contributed by atoms with Crippen molar-refractivity contribution in [2.45, 2.75) is 18.9 Å². The lowest BCUT2D eigenvalue weighted by Crippen LogP contribution is -2.30. The Bertz CT molecular complexity index is 420. The summed E-state index contributed by atoms with van der Waals surface area (Å²) in [5.41, 5.74) is 1.83. The van der Waals surface area contributed by atoms with Gasteiger partial charge in [-0.1, -0.05) is 18.2 Å². The molecule has 1 atom stereocenters. The summed E-state index contributed by atoms with van der Waals surface area (Å²) in [6, 6.07) is 7.72. The highest BCUT2D eigenvalue weighted by atomic mass is 16.3. The van der Waals surface area contributed by atoms with Crippen LogP contribution >= 0.6 is 0 Å². The summed E-state index contributed by atoms with van der Waals surface area (Å²) in [7, 11) is 1.90. The number of likely N-dealkylation sites (tertiary alicyclic amines) is 1. The molecule has 0 unspecified atom stereocenters. The van der Waals surface area contributed by atoms with Crippen LogP contribution in [0.4, 0.5) is 0 Å². The number of amides is 1. The first kappa shape index (κ1) is 13.1. The molecular formula is C14H20N2O2. The van der Waals surface area contributed by atoms with Crippen LogP contribution in [0.5, 0.6) is 0 Å². The molecule has 2 rings (SSSR count). The van der Waals surface area contributed by atoms with E-state index in [1.165, 1.54) is 0 Å². The molecule has 0 aromatic heterocycles. The molecule has 0 radical (unpaired) electrons. The largest absolute Gasteiger partial charge is 0.391 e. The number of β-amino-alcohol motifs (C(OH)–C–C–N with tert-alkyl or cyclic N) is 1. The highest BCUT2D eigenvalue weighted by Gasteiger charge is 2.26. The van der Waals surface area contributed by atoms with E-state index >= 15 is 0 Å². The van der Waals surface area contributed by atoms with Gasteiger partial charge in [0.15, 0.2) is 0 Å². The van der Waals surface area contributed by atoms with Gasteiger partial charge in [-0.2, -0.15) is 0 Å². The van der Waals surface area contributed by atoms with Crippen molar-refractivity contribution < 1.29 is 9.90 Å². The van der Waals surface area contributed by atoms with Gasteiger partial charge in [0, 0.05) is 18.7 Å². The molecule has 1 aliphatic rings. The Morgan fingerprint density at radius 3 is 2.94 bits per heavy atom. The van der Waals surface area contributed by atoms with Crippen LogP contribution in [0.3, 0.4) is 0 Å². The highest BCUT2D eigenvalue weighted by molar-refractivity contribution is 5.95. The maximum atomic E-state index is 12.4. The van der Waals surface area contributed by atoms with Crippen LogP contribution < -0.4 is 5.32 Å². The van der Waals surface area contributed by atoms with Crippen LogP contribution in [0.1, 0.15) is 22.3 Å². The van der Waals surface area contributed by atoms with Gasteiger partial charge in [-0.3, -0.25) is 4.79 Å². The number of nitrogens with zero attached hydrogens (tertiary/aromatic N) is 1. The molecule has 18 heavy (non-hydrogen) atoms. The van der Waals surface area contributed by atoms with E-state index < -0.39 is 0 Å². The van der Waals surface area contributed by atoms with Crippen LogP contribution in [-0.2, 0) is 6.42 Å². The van der Waals surface area contributed by atoms with E-state index in [0.29, 0.717) is 19.5 Å². The lowest BCUT2D eigenvalue weighted by Gasteiger charge is -2.17. The van der Waals surface area contributed by atoms with Gasteiger partial charge in [-0.15, -0.1) is 0 Å². The zero-order valence-corrected chi connectivity index (χ0v) is 10.7. The topological polar surface area (TPSA) is 52.6 Å². The smallest absolute Gasteiger partial charge is 0.254 e. The number of carbonyl (C=O) groups excluding carboxylic acids is 1. The van der Waals surface area contributed by atoms with E-state index in [2.05, 4.69) is 5.32 Å². The van der Waals surface area contributed by atoms with Gasteiger partial charge < -0.3 is 15.3 Å². The molecule has 1 heterocycles. The Hall–Kier alpha value is -1.39. The quantitative estimate of drug-likeness (QED) is 0.823. The van der Waals surface area contributed by atoms with E-state index in [-0.39, 0.29) is 12.0 Å². The summed E-state index contributed by atoms with van der Waals surface area (Å²) in [6.07, 6.45) is 1.16. The predicted molar refractivity (Wildman–Crippen MR) is 70.6 cm³/mol. The number of hydrogen-bond donors (Lipinski definition) is 2. The normalized spacial score (nSPS) is 19.2. The molecule has 1 aliphatic heterocycles. The molecule has 0 bridgehead atoms. The van der Waals surface area contributed by atoms with Crippen LogP contribution in [-0.4, -0.2) is 48.7 Å². The van der Waals surface area contributed by atoms with E-state index in [9.17, 15) is 9.90 Å². The molecule has 4 heteroatoms. The predicted octanol–water partition coefficient (Wildman–Crippen LogP) is 0.655. The molecule has 98 valence electrons. The third kappa shape index (κ3) is 2.89. The molecule has 1 aromatic carbocycles. The maximum Gasteiger partial charge on any atom is 0.254 e. The number of likely N-dealkylation sites (N-methyl/N-ethyl adjacent to an activating group) is 1. The lowest BCUT2D eigenvalue weighted by atomic mass is 10.0. The molecule has 4 nitrogen and oxygen atoms in total. The number of benzene rings is 1. The minimum absolute atomic E-state index is 0.0400. The Morgan fingerprint density at radius 2 is 2.28 bits per heavy atom. The molecule has 2 N–H and O–H groups in total. The molecule has 0 aliphatic carbocycles. The lowest BCUT2D eigenvalue weighted by molar-refractivity contribution is 0.0764. The number of aliphatic hydroxyl groups excluding tert-OH is 1. The van der Waals surface area contributed by atoms with Crippen LogP contribution in [0.15, 0.2) is 24.3 Å². The number of carbonyl (C=O) groups is 1. The Balaban J connectivity index is 2.14. The monoisotopic (exact) mass is 248 g/mol. The second kappa shape index (κ2) is 5.98. The Morgan fingerprint density at radius 1 is 1.50 bits per heavy atom. The summed E-state index contributed by atoms with van der Waals surface area (Å²) in [5, 5.41) is 12.6. The highest BCUT2D eigenvalue weighted by Crippen LogP contribution is 2.17. The summed E-state index contributed by atoms with van der Waals surface area (Å²) in [5.74, 6) is 0.0400. The van der Waals surface area contributed by atoms with Crippen molar-refractivity contribution in [1.29, 1.82) is 0 Å². The second-order valence-corrected chi connectivity index (χ2v) is 4.70. The Labute approximate surface area is 108 Å². The van der Waals surface area contributed by atoms with E-state index in [1.54, 1.807) is 4.90 Å². The van der Waals surface area contributed by atoms with Gasteiger partial charge in [-0.05, 0) is 38.1 Å². The van der Waals surface area contributed by atoms with Crippen LogP contribution in [0.2, 0.25) is 0 Å². The van der Waals surface area contributed by atoms with Gasteiger partial charge in [0.2, 0.25) is 0 Å². The van der Waals surface area contributed by atoms with Crippen LogP contribution in [0, 0.1) is 0 Å². The first-order valence-corrected chi connectivity index (χ1v) is 6.42. The van der Waals surface area contributed by atoms with E-state index in [1.807, 2.05) is 31.3 Å². The summed E-state index contributed by atoms with van der Waals surface area (Å²) < 4.78 is 0. The van der Waals surface area contributed by atoms with Crippen molar-refractivity contribution in [3.8, 4) is 0 Å². The van der Waals surface area contributed by atoms with Gasteiger partial charge >= 0.3 is 0 Å². The molecule has 1 amide bonds. The average molecular weight is 248 g/mol. The maximum absolute atomic E-state index is 12.4. The summed E-state index contributed by atoms with van der Waals surface area (Å²) in [6.45, 7) is 1.96. The zero-order chi connectivity index (χ0) is 13.0. The van der Waals surface area contributed by atoms with Crippen molar-refractivity contribution in [3.05, 3.63) is 35.4 Å². The fourth-order valence-electron chi connectivity index (χ4n) is 2.30. The molecular weight excluding hydrogens is 228 g/mol. The van der Waals surface area contributed by atoms with E-state index in [0.717, 1.165) is 24.1 Å². The van der Waals surface area contributed by atoms with E-state index in [4.69, 9.17) is 0 Å². The zero-order valence-electron chi connectivity index (χ0n) is 10.7. The standard InChI is InChI=1S/C14H20N2O2/c1-15-8-6-11-4-2-3-5-13(11)14(18)16-9-7-12(17)10-16/h2-5,12,15,17H,6-10H2,1H3/t12-/m1/s1. The third-order valence-corrected chi connectivity index (χ3v) is 3.34. The molecule has 1 saturated heterocycles. The molecule has 1 aromatic rings. The molecule has 0 saturated carbocycles. The van der Waals surface area contributed by atoms with Gasteiger partial charge in [0.25, 0.3) is 5.91 Å². The van der Waals surface area contributed by atoms with Gasteiger partial charge in [-0.25, -0.2) is 0 Å². The Kier molecular flexibility index (Phi) is 4.33. The van der Waals surface area contributed by atoms with Crippen molar-refractivity contribution >= 4 is 5.91 Å². The third-order valence-electron chi connectivity index (χ3n) is 3.34.